The van der Waals surface area contributed by atoms with Gasteiger partial charge in [-0.25, -0.2) is 14.8 Å². The summed E-state index contributed by atoms with van der Waals surface area (Å²) in [7, 11) is 0. The molecular formula is C21H28N4O3. The van der Waals surface area contributed by atoms with Crippen LogP contribution in [0.15, 0.2) is 6.07 Å². The minimum Gasteiger partial charge on any atom is -0.464 e. The van der Waals surface area contributed by atoms with E-state index in [-0.39, 0.29) is 11.9 Å². The molecule has 4 rings (SSSR count). The molecule has 7 heteroatoms. The van der Waals surface area contributed by atoms with Crippen LogP contribution in [0.5, 0.6) is 0 Å². The normalized spacial score (nSPS) is 19.9. The van der Waals surface area contributed by atoms with Gasteiger partial charge in [0.15, 0.2) is 5.65 Å². The van der Waals surface area contributed by atoms with Crippen molar-refractivity contribution < 1.29 is 14.3 Å². The molecule has 4 heterocycles. The summed E-state index contributed by atoms with van der Waals surface area (Å²) < 4.78 is 7.40. The molecule has 28 heavy (non-hydrogen) atoms. The Kier molecular flexibility index (Phi) is 5.33. The van der Waals surface area contributed by atoms with Crippen molar-refractivity contribution in [1.29, 1.82) is 0 Å². The van der Waals surface area contributed by atoms with E-state index in [0.29, 0.717) is 30.7 Å². The molecule has 1 unspecified atom stereocenters. The molecular weight excluding hydrogens is 356 g/mol. The largest absolute Gasteiger partial charge is 0.464 e. The molecule has 0 radical (unpaired) electrons. The van der Waals surface area contributed by atoms with Crippen LogP contribution in [-0.2, 0) is 22.5 Å². The van der Waals surface area contributed by atoms with Gasteiger partial charge in [-0.2, -0.15) is 0 Å². The van der Waals surface area contributed by atoms with Crippen LogP contribution in [0.25, 0.3) is 11.2 Å². The number of aromatic nitrogens is 3. The molecule has 1 amide bonds. The molecule has 0 saturated carbocycles. The van der Waals surface area contributed by atoms with E-state index in [9.17, 15) is 9.59 Å². The third kappa shape index (κ3) is 3.38. The Morgan fingerprint density at radius 1 is 1.14 bits per heavy atom. The topological polar surface area (TPSA) is 77.3 Å². The van der Waals surface area contributed by atoms with Crippen molar-refractivity contribution in [2.75, 3.05) is 13.2 Å². The Hall–Kier alpha value is -2.44. The third-order valence-electron chi connectivity index (χ3n) is 5.75. The minimum absolute atomic E-state index is 0.137. The predicted octanol–water partition coefficient (Wildman–Crippen LogP) is 3.02. The van der Waals surface area contributed by atoms with Gasteiger partial charge in [0.2, 0.25) is 0 Å². The van der Waals surface area contributed by atoms with Crippen LogP contribution in [0.2, 0.25) is 0 Å². The number of hydrogen-bond acceptors (Lipinski definition) is 5. The van der Waals surface area contributed by atoms with Gasteiger partial charge in [0.1, 0.15) is 17.4 Å². The van der Waals surface area contributed by atoms with Crippen molar-refractivity contribution in [3.63, 3.8) is 0 Å². The first-order valence-corrected chi connectivity index (χ1v) is 10.4. The molecule has 1 saturated heterocycles. The fourth-order valence-corrected chi connectivity index (χ4v) is 4.39. The maximum atomic E-state index is 13.5. The molecule has 1 atom stereocenters. The van der Waals surface area contributed by atoms with Gasteiger partial charge in [0, 0.05) is 25.2 Å². The van der Waals surface area contributed by atoms with Gasteiger partial charge in [0.05, 0.1) is 12.2 Å². The molecule has 0 spiro atoms. The molecule has 0 N–H and O–H groups in total. The number of imidazole rings is 1. The van der Waals surface area contributed by atoms with Crippen LogP contribution in [0, 0.1) is 6.92 Å². The lowest BCUT2D eigenvalue weighted by atomic mass is 10.0. The number of hydrogen-bond donors (Lipinski definition) is 0. The molecule has 1 fully saturated rings. The van der Waals surface area contributed by atoms with Crippen molar-refractivity contribution in [1.82, 2.24) is 19.4 Å². The van der Waals surface area contributed by atoms with E-state index in [1.165, 1.54) is 6.42 Å². The summed E-state index contributed by atoms with van der Waals surface area (Å²) >= 11 is 0. The summed E-state index contributed by atoms with van der Waals surface area (Å²) in [6.45, 7) is 5.49. The number of esters is 1. The van der Waals surface area contributed by atoms with Crippen LogP contribution in [0.4, 0.5) is 0 Å². The highest BCUT2D eigenvalue weighted by atomic mass is 16.5. The number of likely N-dealkylation sites (tertiary alicyclic amines) is 1. The van der Waals surface area contributed by atoms with E-state index >= 15 is 0 Å². The van der Waals surface area contributed by atoms with Crippen LogP contribution in [-0.4, -0.2) is 50.5 Å². The number of fused-ring (bicyclic) bond motifs is 3. The lowest BCUT2D eigenvalue weighted by molar-refractivity contribution is -0.149. The fourth-order valence-electron chi connectivity index (χ4n) is 4.39. The smallest absolute Gasteiger partial charge is 0.328 e. The van der Waals surface area contributed by atoms with Gasteiger partial charge in [-0.05, 0) is 52.0 Å². The quantitative estimate of drug-likeness (QED) is 0.760. The first-order valence-electron chi connectivity index (χ1n) is 10.4. The number of rotatable bonds is 3. The summed E-state index contributed by atoms with van der Waals surface area (Å²) in [5.41, 5.74) is 2.82. The minimum atomic E-state index is -0.509. The van der Waals surface area contributed by atoms with E-state index in [2.05, 4.69) is 4.57 Å². The highest BCUT2D eigenvalue weighted by Gasteiger charge is 2.35. The average molecular weight is 384 g/mol. The molecule has 2 aliphatic rings. The van der Waals surface area contributed by atoms with E-state index in [0.717, 1.165) is 55.8 Å². The maximum Gasteiger partial charge on any atom is 0.328 e. The Morgan fingerprint density at radius 2 is 1.96 bits per heavy atom. The van der Waals surface area contributed by atoms with E-state index in [4.69, 9.17) is 14.7 Å². The summed E-state index contributed by atoms with van der Waals surface area (Å²) in [6, 6.07) is 1.30. The van der Waals surface area contributed by atoms with Crippen LogP contribution in [0.1, 0.15) is 67.3 Å². The van der Waals surface area contributed by atoms with E-state index in [1.807, 2.05) is 13.0 Å². The molecule has 7 nitrogen and oxygen atoms in total. The summed E-state index contributed by atoms with van der Waals surface area (Å²) in [5.74, 6) is 0.569. The summed E-state index contributed by atoms with van der Waals surface area (Å²) in [6.07, 6.45) is 6.80. The molecule has 2 aliphatic heterocycles. The zero-order valence-corrected chi connectivity index (χ0v) is 16.7. The Balaban J connectivity index is 1.75. The third-order valence-corrected chi connectivity index (χ3v) is 5.75. The van der Waals surface area contributed by atoms with Crippen molar-refractivity contribution in [2.24, 2.45) is 0 Å². The number of aryl methyl sites for hydroxylation is 3. The van der Waals surface area contributed by atoms with E-state index in [1.54, 1.807) is 11.8 Å². The zero-order chi connectivity index (χ0) is 19.7. The zero-order valence-electron chi connectivity index (χ0n) is 16.7. The highest BCUT2D eigenvalue weighted by molar-refractivity contribution is 6.05. The van der Waals surface area contributed by atoms with Crippen LogP contribution in [0.3, 0.4) is 0 Å². The number of amides is 1. The Bertz CT molecular complexity index is 905. The van der Waals surface area contributed by atoms with Crippen LogP contribution >= 0.6 is 0 Å². The molecule has 0 aromatic carbocycles. The molecule has 150 valence electrons. The standard InChI is InChI=1S/C21H28N4O3/c1-3-28-21(27)16-9-6-8-11-24(16)20(26)15-13-14(2)22-19-18(15)23-17-10-5-4-7-12-25(17)19/h13,16H,3-12H2,1-2H3. The van der Waals surface area contributed by atoms with E-state index < -0.39 is 6.04 Å². The molecule has 2 aromatic heterocycles. The number of carbonyl (C=O) groups excluding carboxylic acids is 2. The number of pyridine rings is 1. The fraction of sp³-hybridized carbons (Fsp3) is 0.619. The van der Waals surface area contributed by atoms with Crippen molar-refractivity contribution in [3.8, 4) is 0 Å². The lowest BCUT2D eigenvalue weighted by Gasteiger charge is -2.34. The van der Waals surface area contributed by atoms with Gasteiger partial charge < -0.3 is 14.2 Å². The first kappa shape index (κ1) is 18.9. The lowest BCUT2D eigenvalue weighted by Crippen LogP contribution is -2.48. The monoisotopic (exact) mass is 384 g/mol. The van der Waals surface area contributed by atoms with Gasteiger partial charge in [-0.1, -0.05) is 6.42 Å². The van der Waals surface area contributed by atoms with Crippen molar-refractivity contribution in [2.45, 2.75) is 71.4 Å². The highest BCUT2D eigenvalue weighted by Crippen LogP contribution is 2.27. The number of nitrogens with zero attached hydrogens (tertiary/aromatic N) is 4. The second-order valence-electron chi connectivity index (χ2n) is 7.74. The number of piperidine rings is 1. The Labute approximate surface area is 165 Å². The molecule has 0 bridgehead atoms. The maximum absolute atomic E-state index is 13.5. The average Bonchev–Trinajstić information content (AvgIpc) is 2.88. The van der Waals surface area contributed by atoms with Gasteiger partial charge in [-0.3, -0.25) is 4.79 Å². The molecule has 2 aromatic rings. The summed E-state index contributed by atoms with van der Waals surface area (Å²) in [4.78, 5) is 37.1. The molecule has 0 aliphatic carbocycles. The van der Waals surface area contributed by atoms with Crippen LogP contribution < -0.4 is 0 Å². The van der Waals surface area contributed by atoms with Gasteiger partial charge >= 0.3 is 5.97 Å². The summed E-state index contributed by atoms with van der Waals surface area (Å²) in [5, 5.41) is 0. The predicted molar refractivity (Wildman–Crippen MR) is 105 cm³/mol. The first-order chi connectivity index (χ1) is 13.6. The second kappa shape index (κ2) is 7.89. The number of ether oxygens (including phenoxy) is 1. The van der Waals surface area contributed by atoms with Gasteiger partial charge in [0.25, 0.3) is 5.91 Å². The van der Waals surface area contributed by atoms with Crippen molar-refractivity contribution in [3.05, 3.63) is 23.1 Å². The Morgan fingerprint density at radius 3 is 2.79 bits per heavy atom. The van der Waals surface area contributed by atoms with Crippen molar-refractivity contribution >= 4 is 23.0 Å². The van der Waals surface area contributed by atoms with Gasteiger partial charge in [-0.15, -0.1) is 0 Å². The SMILES string of the molecule is CCOC(=O)C1CCCCN1C(=O)c1cc(C)nc2c1nc1n2CCCCC1. The second-order valence-corrected chi connectivity index (χ2v) is 7.74. The number of carbonyl (C=O) groups is 2.